The largest absolute Gasteiger partial charge is 0.460 e. The van der Waals surface area contributed by atoms with Crippen molar-refractivity contribution < 1.29 is 28.2 Å². The van der Waals surface area contributed by atoms with E-state index < -0.39 is 46.8 Å². The van der Waals surface area contributed by atoms with Crippen molar-refractivity contribution in [3.8, 4) is 0 Å². The van der Waals surface area contributed by atoms with Crippen LogP contribution in [0.3, 0.4) is 0 Å². The number of rotatable bonds is 3. The maximum absolute atomic E-state index is 15.0. The first kappa shape index (κ1) is 18.7. The average Bonchev–Trinajstić information content (AvgIpc) is 2.98. The van der Waals surface area contributed by atoms with Crippen molar-refractivity contribution in [2.75, 3.05) is 0 Å². The van der Waals surface area contributed by atoms with Crippen LogP contribution in [0.15, 0.2) is 0 Å². The number of carbonyl (C=O) groups is 3. The molecule has 0 aromatic carbocycles. The van der Waals surface area contributed by atoms with Gasteiger partial charge in [0.25, 0.3) is 5.91 Å². The number of carbonyl (C=O) groups excluding carboxylic acids is 3. The van der Waals surface area contributed by atoms with Crippen molar-refractivity contribution >= 4 is 18.0 Å². The summed E-state index contributed by atoms with van der Waals surface area (Å²) in [4.78, 5) is 37.7. The monoisotopic (exact) mass is 343 g/mol. The van der Waals surface area contributed by atoms with E-state index in [2.05, 4.69) is 0 Å². The Kier molecular flexibility index (Phi) is 4.22. The van der Waals surface area contributed by atoms with Crippen LogP contribution in [0, 0.1) is 11.8 Å². The first-order chi connectivity index (χ1) is 10.7. The number of halogens is 1. The van der Waals surface area contributed by atoms with Crippen LogP contribution in [-0.2, 0) is 19.1 Å². The number of ether oxygens (including phenoxy) is 2. The molecule has 2 unspecified atom stereocenters. The van der Waals surface area contributed by atoms with Crippen LogP contribution in [-0.4, -0.2) is 45.8 Å². The Balaban J connectivity index is 2.20. The molecule has 24 heavy (non-hydrogen) atoms. The van der Waals surface area contributed by atoms with E-state index in [1.165, 1.54) is 0 Å². The predicted molar refractivity (Wildman–Crippen MR) is 83.8 cm³/mol. The number of nitrogens with zero attached hydrogens (tertiary/aromatic N) is 1. The second-order valence-electron chi connectivity index (χ2n) is 8.49. The molecule has 3 atom stereocenters. The zero-order valence-corrected chi connectivity index (χ0v) is 15.3. The van der Waals surface area contributed by atoms with Crippen LogP contribution in [0.5, 0.6) is 0 Å². The Hall–Kier alpha value is -1.66. The first-order valence-corrected chi connectivity index (χ1v) is 8.19. The molecular formula is C17H26FNO5. The van der Waals surface area contributed by atoms with Crippen molar-refractivity contribution in [3.63, 3.8) is 0 Å². The molecule has 0 aromatic rings. The van der Waals surface area contributed by atoms with Gasteiger partial charge in [-0.25, -0.2) is 14.1 Å². The van der Waals surface area contributed by atoms with Gasteiger partial charge in [-0.05, 0) is 40.5 Å². The molecule has 0 spiro atoms. The van der Waals surface area contributed by atoms with E-state index in [9.17, 15) is 18.8 Å². The molecule has 1 saturated heterocycles. The maximum Gasteiger partial charge on any atom is 0.417 e. The Morgan fingerprint density at radius 1 is 1.33 bits per heavy atom. The summed E-state index contributed by atoms with van der Waals surface area (Å²) in [6.07, 6.45) is -1.13. The number of amides is 2. The minimum atomic E-state index is -2.39. The molecule has 2 rings (SSSR count). The summed E-state index contributed by atoms with van der Waals surface area (Å²) in [5.74, 6) is -3.05. The molecule has 2 fully saturated rings. The third-order valence-electron chi connectivity index (χ3n) is 4.33. The summed E-state index contributed by atoms with van der Waals surface area (Å²) >= 11 is 0. The summed E-state index contributed by atoms with van der Waals surface area (Å²) in [5.41, 5.74) is -4.07. The molecule has 1 saturated carbocycles. The highest BCUT2D eigenvalue weighted by Gasteiger charge is 2.70. The van der Waals surface area contributed by atoms with Gasteiger partial charge < -0.3 is 9.47 Å². The quantitative estimate of drug-likeness (QED) is 0.737. The minimum absolute atomic E-state index is 0.113. The van der Waals surface area contributed by atoms with Gasteiger partial charge in [0.15, 0.2) is 0 Å². The van der Waals surface area contributed by atoms with Crippen LogP contribution in [0.4, 0.5) is 9.18 Å². The zero-order chi connectivity index (χ0) is 18.7. The van der Waals surface area contributed by atoms with Gasteiger partial charge in [0.05, 0.1) is 6.04 Å². The number of imide groups is 1. The summed E-state index contributed by atoms with van der Waals surface area (Å²) in [6, 6.07) is -0.593. The lowest BCUT2D eigenvalue weighted by molar-refractivity contribution is -0.159. The molecule has 2 aliphatic rings. The standard InChI is InChI=1S/C17H26FNO5/c1-9(2)11-16(6,7)24-14(22)19(11)13(21)17(18)8-10(17)12(20)23-15(3,4)5/h9-11H,8H2,1-7H3/t10?,11-,17?/m0/s1. The fraction of sp³-hybridized carbons (Fsp3) is 0.824. The van der Waals surface area contributed by atoms with Gasteiger partial charge in [-0.2, -0.15) is 0 Å². The highest BCUT2D eigenvalue weighted by Crippen LogP contribution is 2.51. The fourth-order valence-corrected chi connectivity index (χ4v) is 3.39. The first-order valence-electron chi connectivity index (χ1n) is 8.19. The lowest BCUT2D eigenvalue weighted by Gasteiger charge is -2.31. The molecule has 0 N–H and O–H groups in total. The van der Waals surface area contributed by atoms with Gasteiger partial charge in [-0.1, -0.05) is 13.8 Å². The SMILES string of the molecule is CC(C)[C@@H]1N(C(=O)C2(F)CC2C(=O)OC(C)(C)C)C(=O)OC1(C)C. The zero-order valence-electron chi connectivity index (χ0n) is 15.3. The van der Waals surface area contributed by atoms with Gasteiger partial charge >= 0.3 is 12.1 Å². The normalized spacial score (nSPS) is 31.9. The number of esters is 1. The van der Waals surface area contributed by atoms with Gasteiger partial charge in [0.2, 0.25) is 5.67 Å². The van der Waals surface area contributed by atoms with E-state index >= 15 is 0 Å². The van der Waals surface area contributed by atoms with Crippen LogP contribution >= 0.6 is 0 Å². The molecule has 1 aliphatic carbocycles. The van der Waals surface area contributed by atoms with Gasteiger partial charge in [0.1, 0.15) is 17.1 Å². The van der Waals surface area contributed by atoms with Crippen LogP contribution in [0.25, 0.3) is 0 Å². The molecule has 1 heterocycles. The van der Waals surface area contributed by atoms with Crippen LogP contribution < -0.4 is 0 Å². The third kappa shape index (κ3) is 3.13. The molecule has 0 radical (unpaired) electrons. The Morgan fingerprint density at radius 3 is 2.33 bits per heavy atom. The smallest absolute Gasteiger partial charge is 0.417 e. The van der Waals surface area contributed by atoms with Crippen molar-refractivity contribution in [2.24, 2.45) is 11.8 Å². The lowest BCUT2D eigenvalue weighted by atomic mass is 9.88. The van der Waals surface area contributed by atoms with Crippen molar-refractivity contribution in [3.05, 3.63) is 0 Å². The highest BCUT2D eigenvalue weighted by atomic mass is 19.1. The average molecular weight is 343 g/mol. The molecule has 7 heteroatoms. The van der Waals surface area contributed by atoms with Crippen LogP contribution in [0.2, 0.25) is 0 Å². The molecule has 1 aliphatic heterocycles. The minimum Gasteiger partial charge on any atom is -0.460 e. The van der Waals surface area contributed by atoms with E-state index in [-0.39, 0.29) is 12.3 Å². The molecule has 2 amide bonds. The molecule has 0 aromatic heterocycles. The number of alkyl halides is 1. The molecular weight excluding hydrogens is 317 g/mol. The summed E-state index contributed by atoms with van der Waals surface area (Å²) in [7, 11) is 0. The van der Waals surface area contributed by atoms with E-state index in [1.54, 1.807) is 34.6 Å². The summed E-state index contributed by atoms with van der Waals surface area (Å²) < 4.78 is 25.4. The van der Waals surface area contributed by atoms with E-state index in [1.807, 2.05) is 13.8 Å². The van der Waals surface area contributed by atoms with E-state index in [0.717, 1.165) is 4.90 Å². The Bertz CT molecular complexity index is 580. The van der Waals surface area contributed by atoms with Crippen molar-refractivity contribution in [2.45, 2.75) is 77.8 Å². The fourth-order valence-electron chi connectivity index (χ4n) is 3.39. The van der Waals surface area contributed by atoms with Crippen LogP contribution in [0.1, 0.15) is 54.9 Å². The second kappa shape index (κ2) is 5.43. The van der Waals surface area contributed by atoms with Gasteiger partial charge in [-0.15, -0.1) is 0 Å². The summed E-state index contributed by atoms with van der Waals surface area (Å²) in [6.45, 7) is 12.0. The number of cyclic esters (lactones) is 1. The Morgan fingerprint density at radius 2 is 1.88 bits per heavy atom. The van der Waals surface area contributed by atoms with Gasteiger partial charge in [-0.3, -0.25) is 9.59 Å². The van der Waals surface area contributed by atoms with Crippen molar-refractivity contribution in [1.82, 2.24) is 4.90 Å². The third-order valence-corrected chi connectivity index (χ3v) is 4.33. The molecule has 136 valence electrons. The van der Waals surface area contributed by atoms with Gasteiger partial charge in [0, 0.05) is 6.42 Å². The maximum atomic E-state index is 15.0. The molecule has 6 nitrogen and oxygen atoms in total. The van der Waals surface area contributed by atoms with Crippen molar-refractivity contribution in [1.29, 1.82) is 0 Å². The number of hydrogen-bond donors (Lipinski definition) is 0. The van der Waals surface area contributed by atoms with E-state index in [4.69, 9.17) is 9.47 Å². The topological polar surface area (TPSA) is 72.9 Å². The highest BCUT2D eigenvalue weighted by molar-refractivity contribution is 6.04. The number of hydrogen-bond acceptors (Lipinski definition) is 5. The lowest BCUT2D eigenvalue weighted by Crippen LogP contribution is -2.51. The second-order valence-corrected chi connectivity index (χ2v) is 8.49. The summed E-state index contributed by atoms with van der Waals surface area (Å²) in [5, 5.41) is 0. The molecule has 0 bridgehead atoms. The Labute approximate surface area is 141 Å². The predicted octanol–water partition coefficient (Wildman–Crippen LogP) is 2.84. The van der Waals surface area contributed by atoms with E-state index in [0.29, 0.717) is 0 Å².